The molecule has 0 aliphatic heterocycles. The molecule has 2 fully saturated rings. The van der Waals surface area contributed by atoms with Gasteiger partial charge in [-0.3, -0.25) is 4.39 Å². The topological polar surface area (TPSA) is 9.23 Å². The van der Waals surface area contributed by atoms with Crippen LogP contribution in [0.25, 0.3) is 11.1 Å². The van der Waals surface area contributed by atoms with Crippen LogP contribution in [-0.2, 0) is 17.6 Å². The SMILES string of the molecule is COCCc1ccc(-c2ccc(CCC3CCC(C4CCC(CCCCCF)CC4)CC3)cc2)cc1. The minimum absolute atomic E-state index is 0.132. The summed E-state index contributed by atoms with van der Waals surface area (Å²) in [7, 11) is 1.76. The summed E-state index contributed by atoms with van der Waals surface area (Å²) in [6.45, 7) is 0.647. The molecule has 2 aromatic carbocycles. The van der Waals surface area contributed by atoms with Crippen LogP contribution in [0.2, 0.25) is 0 Å². The summed E-state index contributed by atoms with van der Waals surface area (Å²) < 4.78 is 17.5. The number of ether oxygens (including phenoxy) is 1. The fraction of sp³-hybridized carbons (Fsp3) is 0.647. The molecule has 2 aromatic rings. The van der Waals surface area contributed by atoms with E-state index in [-0.39, 0.29) is 6.67 Å². The van der Waals surface area contributed by atoms with Gasteiger partial charge in [0, 0.05) is 7.11 Å². The summed E-state index contributed by atoms with van der Waals surface area (Å²) in [5, 5.41) is 0. The molecule has 0 atom stereocenters. The van der Waals surface area contributed by atoms with Gasteiger partial charge >= 0.3 is 0 Å². The van der Waals surface area contributed by atoms with E-state index in [0.29, 0.717) is 0 Å². The maximum Gasteiger partial charge on any atom is 0.0894 e. The number of hydrogen-bond donors (Lipinski definition) is 0. The van der Waals surface area contributed by atoms with Crippen molar-refractivity contribution < 1.29 is 9.13 Å². The molecule has 2 aliphatic rings. The monoisotopic (exact) mass is 492 g/mol. The van der Waals surface area contributed by atoms with E-state index in [4.69, 9.17) is 4.74 Å². The van der Waals surface area contributed by atoms with Crippen molar-refractivity contribution in [3.8, 4) is 11.1 Å². The van der Waals surface area contributed by atoms with Crippen molar-refractivity contribution in [2.75, 3.05) is 20.4 Å². The largest absolute Gasteiger partial charge is 0.384 e. The number of unbranched alkanes of at least 4 members (excludes halogenated alkanes) is 2. The molecule has 2 heteroatoms. The van der Waals surface area contributed by atoms with E-state index in [2.05, 4.69) is 48.5 Å². The predicted octanol–water partition coefficient (Wildman–Crippen LogP) is 9.62. The Bertz CT molecular complexity index is 842. The second kappa shape index (κ2) is 14.9. The third-order valence-corrected chi connectivity index (χ3v) is 9.37. The fourth-order valence-corrected chi connectivity index (χ4v) is 6.92. The Morgan fingerprint density at radius 2 is 1.11 bits per heavy atom. The molecule has 0 heterocycles. The molecule has 1 nitrogen and oxygen atoms in total. The first-order chi connectivity index (χ1) is 17.7. The van der Waals surface area contributed by atoms with Crippen molar-refractivity contribution in [2.24, 2.45) is 23.7 Å². The number of aryl methyl sites for hydroxylation is 1. The van der Waals surface area contributed by atoms with Gasteiger partial charge in [0.1, 0.15) is 0 Å². The molecule has 4 rings (SSSR count). The molecule has 2 saturated carbocycles. The second-order valence-corrected chi connectivity index (χ2v) is 11.8. The molecular weight excluding hydrogens is 443 g/mol. The minimum Gasteiger partial charge on any atom is -0.384 e. The quantitative estimate of drug-likeness (QED) is 0.253. The van der Waals surface area contributed by atoms with Gasteiger partial charge in [-0.15, -0.1) is 0 Å². The first-order valence-electron chi connectivity index (χ1n) is 15.0. The third kappa shape index (κ3) is 8.44. The van der Waals surface area contributed by atoms with Gasteiger partial charge in [-0.1, -0.05) is 93.5 Å². The Balaban J connectivity index is 1.13. The molecule has 0 spiro atoms. The minimum atomic E-state index is -0.132. The summed E-state index contributed by atoms with van der Waals surface area (Å²) in [5.74, 6) is 3.85. The highest BCUT2D eigenvalue weighted by atomic mass is 19.1. The first kappa shape index (κ1) is 27.4. The van der Waals surface area contributed by atoms with E-state index in [9.17, 15) is 4.39 Å². The molecule has 2 aliphatic carbocycles. The number of halogens is 1. The molecule has 0 bridgehead atoms. The molecular formula is C34H49FO. The Labute approximate surface area is 220 Å². The highest BCUT2D eigenvalue weighted by Crippen LogP contribution is 2.43. The normalized spacial score (nSPS) is 24.6. The maximum atomic E-state index is 12.3. The number of methoxy groups -OCH3 is 1. The summed E-state index contributed by atoms with van der Waals surface area (Å²) >= 11 is 0. The average Bonchev–Trinajstić information content (AvgIpc) is 2.94. The van der Waals surface area contributed by atoms with Crippen LogP contribution in [0.3, 0.4) is 0 Å². The highest BCUT2D eigenvalue weighted by Gasteiger charge is 2.30. The van der Waals surface area contributed by atoms with Gasteiger partial charge in [-0.05, 0) is 97.3 Å². The Hall–Kier alpha value is -1.67. The number of alkyl halides is 1. The molecule has 0 radical (unpaired) electrons. The molecule has 36 heavy (non-hydrogen) atoms. The lowest BCUT2D eigenvalue weighted by atomic mass is 9.68. The first-order valence-corrected chi connectivity index (χ1v) is 15.0. The third-order valence-electron chi connectivity index (χ3n) is 9.37. The lowest BCUT2D eigenvalue weighted by molar-refractivity contribution is 0.140. The summed E-state index contributed by atoms with van der Waals surface area (Å²) in [6, 6.07) is 18.2. The van der Waals surface area contributed by atoms with Crippen LogP contribution in [0, 0.1) is 23.7 Å². The molecule has 0 aromatic heterocycles. The van der Waals surface area contributed by atoms with E-state index in [1.807, 2.05) is 0 Å². The van der Waals surface area contributed by atoms with Gasteiger partial charge in [-0.2, -0.15) is 0 Å². The van der Waals surface area contributed by atoms with Crippen molar-refractivity contribution in [1.82, 2.24) is 0 Å². The lowest BCUT2D eigenvalue weighted by Gasteiger charge is -2.38. The maximum absolute atomic E-state index is 12.3. The fourth-order valence-electron chi connectivity index (χ4n) is 6.92. The van der Waals surface area contributed by atoms with Crippen molar-refractivity contribution >= 4 is 0 Å². The van der Waals surface area contributed by atoms with Gasteiger partial charge in [0.25, 0.3) is 0 Å². The van der Waals surface area contributed by atoms with Crippen LogP contribution < -0.4 is 0 Å². The zero-order valence-electron chi connectivity index (χ0n) is 22.7. The standard InChI is InChI=1S/C34H49FO/c1-36-26-24-30-14-22-34(23-15-30)33-20-12-29(13-21-33)7-6-28-10-18-32(19-11-28)31-16-8-27(9-17-31)5-3-2-4-25-35/h12-15,20-23,27-28,31-32H,2-11,16-19,24-26H2,1H3. The Kier molecular flexibility index (Phi) is 11.3. The van der Waals surface area contributed by atoms with Crippen molar-refractivity contribution in [1.29, 1.82) is 0 Å². The van der Waals surface area contributed by atoms with Crippen LogP contribution >= 0.6 is 0 Å². The van der Waals surface area contributed by atoms with Crippen LogP contribution in [0.4, 0.5) is 4.39 Å². The van der Waals surface area contributed by atoms with Gasteiger partial charge in [-0.25, -0.2) is 0 Å². The van der Waals surface area contributed by atoms with Crippen LogP contribution in [-0.4, -0.2) is 20.4 Å². The predicted molar refractivity (Wildman–Crippen MR) is 151 cm³/mol. The van der Waals surface area contributed by atoms with E-state index in [0.717, 1.165) is 49.5 Å². The molecule has 0 amide bonds. The van der Waals surface area contributed by atoms with Crippen molar-refractivity contribution in [3.63, 3.8) is 0 Å². The summed E-state index contributed by atoms with van der Waals surface area (Å²) in [5.41, 5.74) is 5.43. The van der Waals surface area contributed by atoms with E-state index >= 15 is 0 Å². The zero-order valence-corrected chi connectivity index (χ0v) is 22.7. The summed E-state index contributed by atoms with van der Waals surface area (Å²) in [4.78, 5) is 0. The number of rotatable bonds is 13. The van der Waals surface area contributed by atoms with E-state index in [1.165, 1.54) is 99.3 Å². The average molecular weight is 493 g/mol. The zero-order chi connectivity index (χ0) is 25.0. The number of benzene rings is 2. The van der Waals surface area contributed by atoms with E-state index < -0.39 is 0 Å². The molecule has 0 N–H and O–H groups in total. The summed E-state index contributed by atoms with van der Waals surface area (Å²) in [6.07, 6.45) is 19.6. The highest BCUT2D eigenvalue weighted by molar-refractivity contribution is 5.64. The van der Waals surface area contributed by atoms with Crippen LogP contribution in [0.1, 0.15) is 94.6 Å². The lowest BCUT2D eigenvalue weighted by Crippen LogP contribution is -2.26. The van der Waals surface area contributed by atoms with Gasteiger partial charge in [0.2, 0.25) is 0 Å². The van der Waals surface area contributed by atoms with E-state index in [1.54, 1.807) is 7.11 Å². The molecule has 0 saturated heterocycles. The Morgan fingerprint density at radius 1 is 0.611 bits per heavy atom. The van der Waals surface area contributed by atoms with Crippen LogP contribution in [0.15, 0.2) is 48.5 Å². The van der Waals surface area contributed by atoms with Gasteiger partial charge in [0.05, 0.1) is 13.3 Å². The van der Waals surface area contributed by atoms with Crippen molar-refractivity contribution in [3.05, 3.63) is 59.7 Å². The number of hydrogen-bond acceptors (Lipinski definition) is 1. The Morgan fingerprint density at radius 3 is 1.61 bits per heavy atom. The van der Waals surface area contributed by atoms with Crippen molar-refractivity contribution in [2.45, 2.75) is 96.3 Å². The second-order valence-electron chi connectivity index (χ2n) is 11.8. The molecule has 0 unspecified atom stereocenters. The van der Waals surface area contributed by atoms with Gasteiger partial charge in [0.15, 0.2) is 0 Å². The molecule has 198 valence electrons. The smallest absolute Gasteiger partial charge is 0.0894 e. The van der Waals surface area contributed by atoms with Crippen LogP contribution in [0.5, 0.6) is 0 Å². The van der Waals surface area contributed by atoms with Gasteiger partial charge < -0.3 is 4.74 Å².